The maximum atomic E-state index is 13.0. The number of nitrogens with one attached hydrogen (secondary N) is 1. The van der Waals surface area contributed by atoms with Gasteiger partial charge in [0.15, 0.2) is 0 Å². The Kier molecular flexibility index (Phi) is 6.54. The molecule has 0 atom stereocenters. The number of hydrogen-bond donors (Lipinski definition) is 1. The molecule has 34 heavy (non-hydrogen) atoms. The molecule has 7 heteroatoms. The lowest BCUT2D eigenvalue weighted by molar-refractivity contribution is -0.131. The van der Waals surface area contributed by atoms with Crippen LogP contribution in [0.1, 0.15) is 36.9 Å². The monoisotopic (exact) mass is 475 g/mol. The van der Waals surface area contributed by atoms with Gasteiger partial charge in [0.05, 0.1) is 31.4 Å². The number of thiazole rings is 1. The van der Waals surface area contributed by atoms with Crippen LogP contribution in [-0.4, -0.2) is 47.6 Å². The minimum absolute atomic E-state index is 0.147. The highest BCUT2D eigenvalue weighted by atomic mass is 32.1. The fourth-order valence-electron chi connectivity index (χ4n) is 4.73. The smallest absolute Gasteiger partial charge is 0.228 e. The zero-order valence-corrected chi connectivity index (χ0v) is 20.4. The van der Waals surface area contributed by atoms with Crippen LogP contribution in [0.25, 0.3) is 21.5 Å². The molecule has 176 valence electrons. The molecule has 1 N–H and O–H groups in total. The van der Waals surface area contributed by atoms with Crippen molar-refractivity contribution in [3.8, 4) is 22.1 Å². The van der Waals surface area contributed by atoms with Crippen molar-refractivity contribution in [1.82, 2.24) is 14.9 Å². The minimum atomic E-state index is 0.147. The summed E-state index contributed by atoms with van der Waals surface area (Å²) in [6.45, 7) is 4.12. The van der Waals surface area contributed by atoms with Crippen molar-refractivity contribution in [2.75, 3.05) is 26.8 Å². The molecule has 2 aromatic heterocycles. The topological polar surface area (TPSA) is 67.5 Å². The van der Waals surface area contributed by atoms with E-state index in [-0.39, 0.29) is 5.91 Å². The second-order valence-corrected chi connectivity index (χ2v) is 9.42. The molecule has 2 aromatic carbocycles. The van der Waals surface area contributed by atoms with Gasteiger partial charge in [0.1, 0.15) is 16.5 Å². The molecule has 1 aliphatic heterocycles. The van der Waals surface area contributed by atoms with Crippen LogP contribution in [0.2, 0.25) is 0 Å². The zero-order valence-electron chi connectivity index (χ0n) is 19.5. The number of fused-ring (bicyclic) bond motifs is 1. The SMILES string of the molecule is CCOc1ccccc1-c1nc(CC(=O)N2CCC(c3c[nH]c4ccc(OC)cc34)CC2)cs1. The fourth-order valence-corrected chi connectivity index (χ4v) is 5.58. The Labute approximate surface area is 203 Å². The van der Waals surface area contributed by atoms with Crippen LogP contribution in [0, 0.1) is 0 Å². The lowest BCUT2D eigenvalue weighted by atomic mass is 9.89. The van der Waals surface area contributed by atoms with Crippen LogP contribution < -0.4 is 9.47 Å². The predicted octanol–water partition coefficient (Wildman–Crippen LogP) is 5.65. The van der Waals surface area contributed by atoms with E-state index in [9.17, 15) is 4.79 Å². The first-order valence-corrected chi connectivity index (χ1v) is 12.6. The number of rotatable bonds is 7. The first-order chi connectivity index (χ1) is 16.7. The summed E-state index contributed by atoms with van der Waals surface area (Å²) in [5.74, 6) is 2.28. The van der Waals surface area contributed by atoms with Crippen molar-refractivity contribution >= 4 is 28.1 Å². The van der Waals surface area contributed by atoms with E-state index in [2.05, 4.69) is 23.3 Å². The minimum Gasteiger partial charge on any atom is -0.497 e. The lowest BCUT2D eigenvalue weighted by Crippen LogP contribution is -2.38. The van der Waals surface area contributed by atoms with E-state index in [1.165, 1.54) is 10.9 Å². The lowest BCUT2D eigenvalue weighted by Gasteiger charge is -2.32. The molecule has 1 amide bonds. The van der Waals surface area contributed by atoms with Gasteiger partial charge in [-0.15, -0.1) is 11.3 Å². The first-order valence-electron chi connectivity index (χ1n) is 11.8. The summed E-state index contributed by atoms with van der Waals surface area (Å²) in [7, 11) is 1.70. The number of piperidine rings is 1. The number of amides is 1. The largest absolute Gasteiger partial charge is 0.497 e. The van der Waals surface area contributed by atoms with Gasteiger partial charge in [-0.1, -0.05) is 12.1 Å². The number of para-hydroxylation sites is 1. The van der Waals surface area contributed by atoms with E-state index in [0.29, 0.717) is 18.9 Å². The van der Waals surface area contributed by atoms with E-state index in [4.69, 9.17) is 14.5 Å². The molecule has 1 aliphatic rings. The second kappa shape index (κ2) is 9.89. The molecule has 0 saturated carbocycles. The van der Waals surface area contributed by atoms with Gasteiger partial charge < -0.3 is 19.4 Å². The molecule has 4 aromatic rings. The Bertz CT molecular complexity index is 1290. The standard InChI is InChI=1S/C27H29N3O3S/c1-3-33-25-7-5-4-6-21(25)27-29-19(17-34-27)14-26(31)30-12-10-18(11-13-30)23-16-28-24-9-8-20(32-2)15-22(23)24/h4-9,15-18,28H,3,10-14H2,1-2H3. The second-order valence-electron chi connectivity index (χ2n) is 8.56. The number of aromatic nitrogens is 2. The van der Waals surface area contributed by atoms with Crippen LogP contribution >= 0.6 is 11.3 Å². The Morgan fingerprint density at radius 2 is 2.03 bits per heavy atom. The summed E-state index contributed by atoms with van der Waals surface area (Å²) in [5, 5.41) is 4.09. The Morgan fingerprint density at radius 1 is 1.21 bits per heavy atom. The summed E-state index contributed by atoms with van der Waals surface area (Å²) in [5.41, 5.74) is 4.24. The van der Waals surface area contributed by atoms with Gasteiger partial charge in [-0.05, 0) is 61.6 Å². The quantitative estimate of drug-likeness (QED) is 0.375. The van der Waals surface area contributed by atoms with Gasteiger partial charge in [-0.3, -0.25) is 4.79 Å². The number of hydrogen-bond acceptors (Lipinski definition) is 5. The Hall–Kier alpha value is -3.32. The third kappa shape index (κ3) is 4.53. The van der Waals surface area contributed by atoms with E-state index >= 15 is 0 Å². The van der Waals surface area contributed by atoms with Crippen LogP contribution in [0.15, 0.2) is 54.0 Å². The third-order valence-electron chi connectivity index (χ3n) is 6.51. The number of H-pyrrole nitrogens is 1. The maximum absolute atomic E-state index is 13.0. The number of ether oxygens (including phenoxy) is 2. The highest BCUT2D eigenvalue weighted by Crippen LogP contribution is 2.35. The molecule has 0 radical (unpaired) electrons. The van der Waals surface area contributed by atoms with Crippen molar-refractivity contribution in [1.29, 1.82) is 0 Å². The van der Waals surface area contributed by atoms with Gasteiger partial charge in [-0.25, -0.2) is 4.98 Å². The first kappa shape index (κ1) is 22.5. The van der Waals surface area contributed by atoms with Crippen LogP contribution in [0.3, 0.4) is 0 Å². The molecule has 1 saturated heterocycles. The number of benzene rings is 2. The third-order valence-corrected chi connectivity index (χ3v) is 7.43. The predicted molar refractivity (Wildman–Crippen MR) is 136 cm³/mol. The number of aromatic amines is 1. The van der Waals surface area contributed by atoms with E-state index in [1.807, 2.05) is 47.5 Å². The molecule has 0 spiro atoms. The van der Waals surface area contributed by atoms with Gasteiger partial charge >= 0.3 is 0 Å². The number of nitrogens with zero attached hydrogens (tertiary/aromatic N) is 2. The average molecular weight is 476 g/mol. The van der Waals surface area contributed by atoms with E-state index in [0.717, 1.165) is 59.2 Å². The highest BCUT2D eigenvalue weighted by Gasteiger charge is 2.26. The molecule has 0 aliphatic carbocycles. The Balaban J connectivity index is 1.22. The molecule has 1 fully saturated rings. The molecule has 6 nitrogen and oxygen atoms in total. The number of carbonyl (C=O) groups excluding carboxylic acids is 1. The number of methoxy groups -OCH3 is 1. The average Bonchev–Trinajstić information content (AvgIpc) is 3.51. The van der Waals surface area contributed by atoms with Crippen molar-refractivity contribution in [3.05, 3.63) is 65.3 Å². The summed E-state index contributed by atoms with van der Waals surface area (Å²) in [4.78, 5) is 23.1. The highest BCUT2D eigenvalue weighted by molar-refractivity contribution is 7.13. The zero-order chi connectivity index (χ0) is 23.5. The molecule has 0 bridgehead atoms. The maximum Gasteiger partial charge on any atom is 0.228 e. The summed E-state index contributed by atoms with van der Waals surface area (Å²) in [6, 6.07) is 14.1. The normalized spacial score (nSPS) is 14.5. The number of carbonyl (C=O) groups is 1. The van der Waals surface area contributed by atoms with Crippen LogP contribution in [0.5, 0.6) is 11.5 Å². The van der Waals surface area contributed by atoms with Gasteiger partial charge in [-0.2, -0.15) is 0 Å². The van der Waals surface area contributed by atoms with Crippen LogP contribution in [0.4, 0.5) is 0 Å². The number of likely N-dealkylation sites (tertiary alicyclic amines) is 1. The van der Waals surface area contributed by atoms with Gasteiger partial charge in [0.25, 0.3) is 0 Å². The van der Waals surface area contributed by atoms with Gasteiger partial charge in [0, 0.05) is 35.6 Å². The van der Waals surface area contributed by atoms with Gasteiger partial charge in [0.2, 0.25) is 5.91 Å². The molecule has 3 heterocycles. The Morgan fingerprint density at radius 3 is 2.82 bits per heavy atom. The summed E-state index contributed by atoms with van der Waals surface area (Å²) >= 11 is 1.56. The fraction of sp³-hybridized carbons (Fsp3) is 0.333. The molecular weight excluding hydrogens is 446 g/mol. The van der Waals surface area contributed by atoms with Crippen molar-refractivity contribution in [2.24, 2.45) is 0 Å². The van der Waals surface area contributed by atoms with Crippen molar-refractivity contribution in [2.45, 2.75) is 32.1 Å². The van der Waals surface area contributed by atoms with Crippen molar-refractivity contribution in [3.63, 3.8) is 0 Å². The summed E-state index contributed by atoms with van der Waals surface area (Å²) < 4.78 is 11.1. The molecular formula is C27H29N3O3S. The molecule has 0 unspecified atom stereocenters. The summed E-state index contributed by atoms with van der Waals surface area (Å²) in [6.07, 6.45) is 4.37. The van der Waals surface area contributed by atoms with Crippen molar-refractivity contribution < 1.29 is 14.3 Å². The van der Waals surface area contributed by atoms with E-state index < -0.39 is 0 Å². The molecule has 5 rings (SSSR count). The van der Waals surface area contributed by atoms with E-state index in [1.54, 1.807) is 18.4 Å². The van der Waals surface area contributed by atoms with Crippen LogP contribution in [-0.2, 0) is 11.2 Å².